The summed E-state index contributed by atoms with van der Waals surface area (Å²) in [5, 5.41) is 0. The Morgan fingerprint density at radius 1 is 1.00 bits per heavy atom. The van der Waals surface area contributed by atoms with Gasteiger partial charge in [-0.3, -0.25) is 4.79 Å². The minimum atomic E-state index is -1.73. The topological polar surface area (TPSA) is 72.7 Å². The van der Waals surface area contributed by atoms with Crippen molar-refractivity contribution in [1.82, 2.24) is 19.2 Å². The van der Waals surface area contributed by atoms with Gasteiger partial charge in [0.25, 0.3) is 0 Å². The summed E-state index contributed by atoms with van der Waals surface area (Å²) < 4.78 is 2.13. The molecule has 0 fully saturated rings. The molecular weight excluding hydrogens is 358 g/mol. The van der Waals surface area contributed by atoms with E-state index in [1.54, 1.807) is 18.5 Å². The zero-order valence-corrected chi connectivity index (χ0v) is 18.2. The zero-order valence-electron chi connectivity index (χ0n) is 16.2. The quantitative estimate of drug-likeness (QED) is 0.533. The summed E-state index contributed by atoms with van der Waals surface area (Å²) in [5.41, 5.74) is 2.27. The van der Waals surface area contributed by atoms with Crippen LogP contribution in [0.5, 0.6) is 0 Å². The number of carbonyl (C=O) groups is 1. The van der Waals surface area contributed by atoms with Crippen LogP contribution in [0, 0.1) is 0 Å². The molecule has 0 amide bonds. The third-order valence-electron chi connectivity index (χ3n) is 3.86. The fraction of sp³-hybridized carbons (Fsp3) is 0.333. The van der Waals surface area contributed by atoms with Gasteiger partial charge in [0.15, 0.2) is 13.9 Å². The van der Waals surface area contributed by atoms with Gasteiger partial charge in [0.2, 0.25) is 11.7 Å². The lowest BCUT2D eigenvalue weighted by Crippen LogP contribution is -2.34. The van der Waals surface area contributed by atoms with Crippen LogP contribution in [0.25, 0.3) is 11.2 Å². The van der Waals surface area contributed by atoms with Gasteiger partial charge < -0.3 is 9.22 Å². The van der Waals surface area contributed by atoms with E-state index >= 15 is 0 Å². The van der Waals surface area contributed by atoms with E-state index in [0.717, 1.165) is 5.65 Å². The molecule has 0 unspecified atom stereocenters. The zero-order chi connectivity index (χ0) is 19.1. The predicted molar refractivity (Wildman–Crippen MR) is 111 cm³/mol. The summed E-state index contributed by atoms with van der Waals surface area (Å²) in [4.78, 5) is 30.3. The van der Waals surface area contributed by atoms with Crippen LogP contribution < -0.4 is 4.98 Å². The van der Waals surface area contributed by atoms with Crippen LogP contribution in [0.15, 0.2) is 36.7 Å². The van der Waals surface area contributed by atoms with Crippen LogP contribution in [0.3, 0.4) is 0 Å². The van der Waals surface area contributed by atoms with E-state index in [-0.39, 0.29) is 5.78 Å². The summed E-state index contributed by atoms with van der Waals surface area (Å²) in [6, 6.07) is 9.21. The number of imidazole rings is 1. The van der Waals surface area contributed by atoms with Gasteiger partial charge in [-0.2, -0.15) is 4.98 Å². The molecule has 136 valence electrons. The van der Waals surface area contributed by atoms with E-state index in [4.69, 9.17) is 4.98 Å². The van der Waals surface area contributed by atoms with Crippen molar-refractivity contribution in [2.24, 2.45) is 0 Å². The third kappa shape index (κ3) is 3.75. The molecule has 2 heterocycles. The number of nitrogens with one attached hydrogen (secondary N) is 1. The second-order valence-electron chi connectivity index (χ2n) is 8.42. The molecule has 3 aromatic rings. The molecule has 0 atom stereocenters. The molecule has 1 N–H and O–H groups in total. The average Bonchev–Trinajstić information content (AvgIpc) is 2.96. The first-order chi connectivity index (χ1) is 12.1. The van der Waals surface area contributed by atoms with Crippen LogP contribution in [0.2, 0.25) is 39.3 Å². The van der Waals surface area contributed by atoms with E-state index in [2.05, 4.69) is 58.5 Å². The Labute approximate surface area is 155 Å². The summed E-state index contributed by atoms with van der Waals surface area (Å²) in [6.45, 7) is 13.2. The van der Waals surface area contributed by atoms with E-state index in [1.165, 1.54) is 0 Å². The number of aromatic nitrogens is 4. The normalized spacial score (nSPS) is 12.4. The Morgan fingerprint density at radius 3 is 2.23 bits per heavy atom. The molecule has 8 heteroatoms. The number of nitrogens with zero attached hydrogens (tertiary/aromatic N) is 4. The monoisotopic (exact) mass is 383 g/mol. The lowest BCUT2D eigenvalue weighted by atomic mass is 10.1. The molecule has 3 rings (SSSR count). The highest BCUT2D eigenvalue weighted by atomic mass is 28.3. The van der Waals surface area contributed by atoms with Gasteiger partial charge in [-0.25, -0.2) is 9.97 Å². The van der Waals surface area contributed by atoms with Crippen molar-refractivity contribution < 1.29 is 4.79 Å². The summed E-state index contributed by atoms with van der Waals surface area (Å²) in [7, 11) is -3.40. The van der Waals surface area contributed by atoms with Crippen molar-refractivity contribution in [1.29, 1.82) is 0 Å². The number of fused-ring (bicyclic) bond motifs is 1. The maximum Gasteiger partial charge on any atom is 0.217 e. The van der Waals surface area contributed by atoms with Crippen LogP contribution in [0.4, 0.5) is 5.95 Å². The second-order valence-corrected chi connectivity index (χ2v) is 18.0. The number of anilines is 1. The lowest BCUT2D eigenvalue weighted by Gasteiger charge is -2.21. The fourth-order valence-electron chi connectivity index (χ4n) is 2.67. The van der Waals surface area contributed by atoms with E-state index < -0.39 is 16.5 Å². The van der Waals surface area contributed by atoms with Gasteiger partial charge in [0.1, 0.15) is 19.4 Å². The van der Waals surface area contributed by atoms with Crippen molar-refractivity contribution in [3.8, 4) is 0 Å². The molecule has 0 aliphatic carbocycles. The van der Waals surface area contributed by atoms with Crippen LogP contribution in [-0.4, -0.2) is 41.4 Å². The van der Waals surface area contributed by atoms with Crippen LogP contribution in [-0.2, 0) is 0 Å². The first kappa shape index (κ1) is 18.5. The first-order valence-electron chi connectivity index (χ1n) is 8.70. The maximum atomic E-state index is 13.1. The predicted octanol–water partition coefficient (Wildman–Crippen LogP) is 3.99. The summed E-state index contributed by atoms with van der Waals surface area (Å²) in [5.74, 6) is 0.383. The third-order valence-corrected chi connectivity index (χ3v) is 6.60. The van der Waals surface area contributed by atoms with Crippen molar-refractivity contribution in [3.05, 3.63) is 47.9 Å². The van der Waals surface area contributed by atoms with Crippen LogP contribution >= 0.6 is 0 Å². The minimum Gasteiger partial charge on any atom is -0.380 e. The number of ketones is 1. The molecule has 6 nitrogen and oxygen atoms in total. The van der Waals surface area contributed by atoms with Gasteiger partial charge in [0, 0.05) is 5.56 Å². The summed E-state index contributed by atoms with van der Waals surface area (Å²) in [6.07, 6.45) is 1.80. The largest absolute Gasteiger partial charge is 0.380 e. The molecule has 0 saturated carbocycles. The Morgan fingerprint density at radius 2 is 1.65 bits per heavy atom. The minimum absolute atomic E-state index is 0.127. The van der Waals surface area contributed by atoms with Gasteiger partial charge >= 0.3 is 0 Å². The molecule has 0 radical (unpaired) electrons. The molecule has 1 aromatic carbocycles. The standard InChI is InChI=1S/C18H25N5OSi2/c1-25(2,3)22-18-20-14(16(24)13-10-8-7-9-11-13)15-17(21-18)23(12-19-15)26(4,5)6/h7-12H,1-6H3,(H,20,21,22). The molecule has 0 aliphatic rings. The van der Waals surface area contributed by atoms with Crippen molar-refractivity contribution >= 4 is 39.4 Å². The molecule has 2 aromatic heterocycles. The van der Waals surface area contributed by atoms with Gasteiger partial charge in [-0.15, -0.1) is 0 Å². The summed E-state index contributed by atoms with van der Waals surface area (Å²) >= 11 is 0. The van der Waals surface area contributed by atoms with E-state index in [9.17, 15) is 4.79 Å². The molecular formula is C18H25N5OSi2. The van der Waals surface area contributed by atoms with E-state index in [1.807, 2.05) is 18.2 Å². The molecule has 0 aliphatic heterocycles. The number of carbonyl (C=O) groups excluding carboxylic acids is 1. The number of benzene rings is 1. The Balaban J connectivity index is 2.23. The second kappa shape index (κ2) is 6.44. The average molecular weight is 384 g/mol. The maximum absolute atomic E-state index is 13.1. The van der Waals surface area contributed by atoms with Gasteiger partial charge in [0.05, 0.1) is 6.33 Å². The first-order valence-corrected chi connectivity index (χ1v) is 15.6. The van der Waals surface area contributed by atoms with E-state index in [0.29, 0.717) is 22.7 Å². The smallest absolute Gasteiger partial charge is 0.217 e. The highest BCUT2D eigenvalue weighted by molar-refractivity contribution is 6.79. The number of hydrogen-bond donors (Lipinski definition) is 1. The Hall–Kier alpha value is -2.33. The van der Waals surface area contributed by atoms with Crippen molar-refractivity contribution in [3.63, 3.8) is 0 Å². The highest BCUT2D eigenvalue weighted by Gasteiger charge is 2.26. The molecule has 0 saturated heterocycles. The number of hydrogen-bond acceptors (Lipinski definition) is 5. The van der Waals surface area contributed by atoms with Gasteiger partial charge in [-0.1, -0.05) is 69.6 Å². The Bertz CT molecular complexity index is 955. The van der Waals surface area contributed by atoms with Crippen molar-refractivity contribution in [2.45, 2.75) is 39.3 Å². The molecule has 0 bridgehead atoms. The highest BCUT2D eigenvalue weighted by Crippen LogP contribution is 2.23. The SMILES string of the molecule is C[Si](C)(C)Nc1nc(C(=O)c2ccccc2)c2ncn([Si](C)(C)C)c2n1. The van der Waals surface area contributed by atoms with Crippen LogP contribution in [0.1, 0.15) is 16.1 Å². The van der Waals surface area contributed by atoms with Gasteiger partial charge in [-0.05, 0) is 0 Å². The lowest BCUT2D eigenvalue weighted by molar-refractivity contribution is 0.103. The Kier molecular flexibility index (Phi) is 4.57. The van der Waals surface area contributed by atoms with Crippen molar-refractivity contribution in [2.75, 3.05) is 4.98 Å². The molecule has 0 spiro atoms. The fourth-order valence-corrected chi connectivity index (χ4v) is 4.64. The number of rotatable bonds is 5. The molecule has 26 heavy (non-hydrogen) atoms.